The van der Waals surface area contributed by atoms with Gasteiger partial charge in [0.25, 0.3) is 11.8 Å². The standard InChI is InChI=1S/C53H46N8O7S4/c1-67-59-41(39-32-72-52(54-39)56-53(36-22-12-5-13-23-36,37-24-14-6-15-25-37)38-26-16-7-17-27-38)46(62)55-42-48(64)61-43(51(66)68-44(33-18-8-3-9-19-33)34-20-10-4-11-21-34)35(31-71-50(42)61)30-40(69)45-57-58-47(63)49(65)60(45)28-29-70-2/h3-27,30,32,42,44,50,69H,28-29,31H2,1-2H3,(H,54,56)(H,55,62)(H,58,63). The third-order valence-corrected chi connectivity index (χ3v) is 15.0. The van der Waals surface area contributed by atoms with E-state index in [0.717, 1.165) is 16.7 Å². The Hall–Kier alpha value is -7.45. The number of benzene rings is 5. The van der Waals surface area contributed by atoms with Crippen LogP contribution in [0.1, 0.15) is 45.4 Å². The van der Waals surface area contributed by atoms with Crippen LogP contribution in [0.2, 0.25) is 0 Å². The van der Waals surface area contributed by atoms with E-state index in [0.29, 0.717) is 27.6 Å². The number of fused-ring (bicyclic) bond motifs is 1. The molecule has 2 aromatic heterocycles. The lowest BCUT2D eigenvalue weighted by atomic mass is 9.77. The van der Waals surface area contributed by atoms with Crippen molar-refractivity contribution in [2.24, 2.45) is 5.16 Å². The van der Waals surface area contributed by atoms with Gasteiger partial charge in [-0.2, -0.15) is 16.9 Å². The Morgan fingerprint density at radius 2 is 1.43 bits per heavy atom. The van der Waals surface area contributed by atoms with Gasteiger partial charge in [-0.1, -0.05) is 157 Å². The number of H-pyrrole nitrogens is 1. The number of aromatic nitrogens is 4. The highest BCUT2D eigenvalue weighted by atomic mass is 32.2. The molecule has 2 amide bonds. The van der Waals surface area contributed by atoms with E-state index in [4.69, 9.17) is 27.2 Å². The van der Waals surface area contributed by atoms with Crippen LogP contribution in [-0.2, 0) is 36.0 Å². The van der Waals surface area contributed by atoms with Crippen LogP contribution in [0.25, 0.3) is 4.91 Å². The molecule has 3 N–H and O–H groups in total. The largest absolute Gasteiger partial charge is 0.448 e. The molecule has 364 valence electrons. The Balaban J connectivity index is 1.03. The van der Waals surface area contributed by atoms with Crippen molar-refractivity contribution in [2.75, 3.05) is 30.2 Å². The number of nitrogens with zero attached hydrogens (tertiary/aromatic N) is 5. The summed E-state index contributed by atoms with van der Waals surface area (Å²) in [7, 11) is 1.31. The first-order chi connectivity index (χ1) is 35.1. The van der Waals surface area contributed by atoms with Crippen molar-refractivity contribution in [3.05, 3.63) is 234 Å². The van der Waals surface area contributed by atoms with Crippen molar-refractivity contribution in [1.29, 1.82) is 0 Å². The number of oxime groups is 1. The second-order valence-corrected chi connectivity index (χ2v) is 19.8. The van der Waals surface area contributed by atoms with Gasteiger partial charge in [0.05, 0.1) is 0 Å². The van der Waals surface area contributed by atoms with Crippen LogP contribution in [0.15, 0.2) is 189 Å². The maximum Gasteiger partial charge on any atom is 0.356 e. The van der Waals surface area contributed by atoms with Gasteiger partial charge in [-0.3, -0.25) is 28.6 Å². The van der Waals surface area contributed by atoms with E-state index in [9.17, 15) is 24.0 Å². The number of hydrogen-bond acceptors (Lipinski definition) is 15. The van der Waals surface area contributed by atoms with Crippen molar-refractivity contribution >= 4 is 81.0 Å². The first kappa shape index (κ1) is 49.5. The van der Waals surface area contributed by atoms with E-state index in [1.54, 1.807) is 5.38 Å². The number of carbonyl (C=O) groups is 3. The van der Waals surface area contributed by atoms with E-state index < -0.39 is 52.0 Å². The van der Waals surface area contributed by atoms with Crippen molar-refractivity contribution in [2.45, 2.75) is 29.6 Å². The number of anilines is 1. The van der Waals surface area contributed by atoms with Crippen molar-refractivity contribution in [3.63, 3.8) is 0 Å². The minimum atomic E-state index is -1.11. The summed E-state index contributed by atoms with van der Waals surface area (Å²) in [6, 6.07) is 47.4. The summed E-state index contributed by atoms with van der Waals surface area (Å²) in [5.74, 6) is -1.44. The third kappa shape index (κ3) is 10.1. The third-order valence-electron chi connectivity index (χ3n) is 12.0. The number of thiol groups is 1. The lowest BCUT2D eigenvalue weighted by Crippen LogP contribution is -2.71. The Morgan fingerprint density at radius 3 is 1.97 bits per heavy atom. The van der Waals surface area contributed by atoms with Crippen LogP contribution in [0, 0.1) is 0 Å². The minimum absolute atomic E-state index is 0.0621. The molecule has 0 saturated carbocycles. The number of β-lactam (4-membered cyclic amide) rings is 1. The van der Waals surface area contributed by atoms with Gasteiger partial charge in [-0.25, -0.2) is 14.9 Å². The van der Waals surface area contributed by atoms with Crippen LogP contribution in [0.3, 0.4) is 0 Å². The van der Waals surface area contributed by atoms with Gasteiger partial charge >= 0.3 is 17.1 Å². The van der Waals surface area contributed by atoms with Gasteiger partial charge in [-0.15, -0.1) is 35.7 Å². The fraction of sp³-hybridized carbons (Fsp3) is 0.170. The molecule has 2 unspecified atom stereocenters. The molecule has 4 heterocycles. The fourth-order valence-corrected chi connectivity index (χ4v) is 11.4. The van der Waals surface area contributed by atoms with Crippen LogP contribution in [0.4, 0.5) is 5.13 Å². The van der Waals surface area contributed by atoms with Crippen molar-refractivity contribution in [3.8, 4) is 0 Å². The Kier molecular flexibility index (Phi) is 15.4. The first-order valence-electron chi connectivity index (χ1n) is 22.5. The molecule has 1 fully saturated rings. The molecule has 2 aliphatic rings. The maximum absolute atomic E-state index is 14.8. The summed E-state index contributed by atoms with van der Waals surface area (Å²) in [5, 5.41) is 18.5. The predicted molar refractivity (Wildman–Crippen MR) is 286 cm³/mol. The molecule has 9 rings (SSSR count). The zero-order chi connectivity index (χ0) is 50.2. The number of esters is 1. The van der Waals surface area contributed by atoms with E-state index in [1.165, 1.54) is 57.5 Å². The summed E-state index contributed by atoms with van der Waals surface area (Å²) in [5.41, 5.74) is 1.92. The molecule has 0 radical (unpaired) electrons. The summed E-state index contributed by atoms with van der Waals surface area (Å²) in [4.78, 5) is 80.6. The van der Waals surface area contributed by atoms with Crippen LogP contribution in [0.5, 0.6) is 0 Å². The fourth-order valence-electron chi connectivity index (χ4n) is 8.62. The molecule has 0 bridgehead atoms. The second kappa shape index (κ2) is 22.3. The van der Waals surface area contributed by atoms with Gasteiger partial charge in [0.2, 0.25) is 0 Å². The Morgan fingerprint density at radius 1 is 0.875 bits per heavy atom. The molecule has 72 heavy (non-hydrogen) atoms. The summed E-state index contributed by atoms with van der Waals surface area (Å²) in [6.45, 7) is 0.166. The summed E-state index contributed by atoms with van der Waals surface area (Å²) >= 11 is 8.78. The van der Waals surface area contributed by atoms with Gasteiger partial charge in [0, 0.05) is 28.3 Å². The molecular formula is C53H46N8O7S4. The number of carbonyl (C=O) groups excluding carboxylic acids is 3. The lowest BCUT2D eigenvalue weighted by Gasteiger charge is -2.49. The number of rotatable bonds is 18. The highest BCUT2D eigenvalue weighted by Crippen LogP contribution is 2.44. The van der Waals surface area contributed by atoms with E-state index in [1.807, 2.05) is 158 Å². The zero-order valence-electron chi connectivity index (χ0n) is 38.7. The van der Waals surface area contributed by atoms with Crippen LogP contribution < -0.4 is 21.8 Å². The van der Waals surface area contributed by atoms with Gasteiger partial charge < -0.3 is 20.2 Å². The quantitative estimate of drug-likeness (QED) is 0.0127. The van der Waals surface area contributed by atoms with Gasteiger partial charge in [0.15, 0.2) is 22.8 Å². The molecular weight excluding hydrogens is 989 g/mol. The maximum atomic E-state index is 14.8. The molecule has 0 spiro atoms. The summed E-state index contributed by atoms with van der Waals surface area (Å²) in [6.07, 6.45) is 2.54. The highest BCUT2D eigenvalue weighted by Gasteiger charge is 2.55. The van der Waals surface area contributed by atoms with Crippen molar-refractivity contribution < 1.29 is 24.0 Å². The number of hydrogen-bond donors (Lipinski definition) is 4. The second-order valence-electron chi connectivity index (χ2n) is 16.3. The minimum Gasteiger partial charge on any atom is -0.448 e. The zero-order valence-corrected chi connectivity index (χ0v) is 42.1. The Bertz CT molecular complexity index is 3160. The smallest absolute Gasteiger partial charge is 0.356 e. The first-order valence-corrected chi connectivity index (χ1v) is 26.3. The average Bonchev–Trinajstić information content (AvgIpc) is 3.89. The number of allylic oxidation sites excluding steroid dienone is 1. The number of thioether (sulfide) groups is 2. The average molecular weight is 1040 g/mol. The van der Waals surface area contributed by atoms with E-state index >= 15 is 0 Å². The number of aromatic amines is 1. The number of amides is 2. The molecule has 0 aliphatic carbocycles. The van der Waals surface area contributed by atoms with Gasteiger partial charge in [0.1, 0.15) is 35.5 Å². The molecule has 2 atom stereocenters. The number of nitrogens with one attached hydrogen (secondary N) is 3. The predicted octanol–water partition coefficient (Wildman–Crippen LogP) is 7.46. The molecule has 1 saturated heterocycles. The molecule has 15 nitrogen and oxygen atoms in total. The molecule has 5 aromatic carbocycles. The topological polar surface area (TPSA) is 190 Å². The molecule has 19 heteroatoms. The van der Waals surface area contributed by atoms with E-state index in [-0.39, 0.29) is 40.1 Å². The lowest BCUT2D eigenvalue weighted by molar-refractivity contribution is -0.154. The van der Waals surface area contributed by atoms with E-state index in [2.05, 4.69) is 26.0 Å². The van der Waals surface area contributed by atoms with Crippen molar-refractivity contribution in [1.82, 2.24) is 30.0 Å². The van der Waals surface area contributed by atoms with Crippen LogP contribution in [-0.4, -0.2) is 84.4 Å². The van der Waals surface area contributed by atoms with Gasteiger partial charge in [-0.05, 0) is 45.7 Å². The monoisotopic (exact) mass is 1030 g/mol. The van der Waals surface area contributed by atoms with Crippen LogP contribution >= 0.6 is 47.5 Å². The molecule has 7 aromatic rings. The molecule has 2 aliphatic heterocycles. The number of thiazole rings is 1. The summed E-state index contributed by atoms with van der Waals surface area (Å²) < 4.78 is 7.57. The Labute approximate surface area is 431 Å². The normalized spacial score (nSPS) is 15.9. The SMILES string of the molecule is CON=C(C(=O)NC1C(=O)N2C(C(=O)OC(c3ccccc3)c3ccccc3)=C(C=C(S)c3n[nH]c(=O)c(=O)n3CCSC)CSC12)c1csc(NC(c2ccccc2)(c2ccccc2)c2ccccc2)n1. The highest BCUT2D eigenvalue weighted by molar-refractivity contribution is 8.00. The number of ether oxygens (including phenoxy) is 1.